The van der Waals surface area contributed by atoms with E-state index in [0.29, 0.717) is 12.8 Å². The Morgan fingerprint density at radius 1 is 1.08 bits per heavy atom. The van der Waals surface area contributed by atoms with E-state index in [4.69, 9.17) is 10.5 Å². The minimum atomic E-state index is -0.669. The fraction of sp³-hybridized carbons (Fsp3) is 0.889. The van der Waals surface area contributed by atoms with E-state index in [9.17, 15) is 14.7 Å². The molecule has 0 unspecified atom stereocenters. The van der Waals surface area contributed by atoms with Gasteiger partial charge in [-0.05, 0) is 78.1 Å². The summed E-state index contributed by atoms with van der Waals surface area (Å²) in [5.74, 6) is -0.489. The molecule has 0 heterocycles. The molecule has 0 aromatic carbocycles. The topological polar surface area (TPSA) is 102 Å². The summed E-state index contributed by atoms with van der Waals surface area (Å²) < 4.78 is 5.30. The van der Waals surface area contributed by atoms with Crippen LogP contribution in [0, 0.1) is 11.3 Å². The van der Waals surface area contributed by atoms with Gasteiger partial charge in [-0.1, -0.05) is 0 Å². The van der Waals surface area contributed by atoms with Gasteiger partial charge in [-0.3, -0.25) is 4.79 Å². The number of carboxylic acid groups (broad SMARTS) is 1. The molecule has 0 saturated heterocycles. The van der Waals surface area contributed by atoms with Crippen LogP contribution in [0.5, 0.6) is 0 Å². The number of rotatable bonds is 3. The van der Waals surface area contributed by atoms with E-state index in [1.807, 2.05) is 20.8 Å². The van der Waals surface area contributed by atoms with Crippen molar-refractivity contribution >= 4 is 12.1 Å². The molecule has 4 N–H and O–H groups in total. The lowest BCUT2D eigenvalue weighted by Crippen LogP contribution is -2.48. The Bertz CT molecular complexity index is 456. The number of nitrogens with two attached hydrogens (primary N) is 1. The molecule has 0 atom stereocenters. The van der Waals surface area contributed by atoms with Crippen LogP contribution < -0.4 is 11.1 Å². The first-order valence-electron chi connectivity index (χ1n) is 9.11. The SMILES string of the molecule is CC(C)(C)OC(=O)NC1CCC(C2(C(=O)O)CCC(N)CC2)CC1. The van der Waals surface area contributed by atoms with Crippen molar-refractivity contribution in [2.45, 2.75) is 89.8 Å². The summed E-state index contributed by atoms with van der Waals surface area (Å²) in [5.41, 5.74) is 4.84. The molecule has 2 rings (SSSR count). The third-order valence-electron chi connectivity index (χ3n) is 5.58. The fourth-order valence-electron chi connectivity index (χ4n) is 4.22. The predicted octanol–water partition coefficient (Wildman–Crippen LogP) is 3.04. The molecule has 0 aromatic heterocycles. The minimum Gasteiger partial charge on any atom is -0.481 e. The molecule has 0 spiro atoms. The molecular weight excluding hydrogens is 308 g/mol. The van der Waals surface area contributed by atoms with Gasteiger partial charge >= 0.3 is 12.1 Å². The van der Waals surface area contributed by atoms with Gasteiger partial charge in [0.1, 0.15) is 5.60 Å². The lowest BCUT2D eigenvalue weighted by atomic mass is 9.60. The highest BCUT2D eigenvalue weighted by atomic mass is 16.6. The van der Waals surface area contributed by atoms with Gasteiger partial charge in [0.25, 0.3) is 0 Å². The predicted molar refractivity (Wildman–Crippen MR) is 91.6 cm³/mol. The van der Waals surface area contributed by atoms with Gasteiger partial charge in [0.2, 0.25) is 0 Å². The molecule has 0 radical (unpaired) electrons. The van der Waals surface area contributed by atoms with Crippen LogP contribution in [0.15, 0.2) is 0 Å². The second-order valence-electron chi connectivity index (χ2n) is 8.49. The third-order valence-corrected chi connectivity index (χ3v) is 5.58. The van der Waals surface area contributed by atoms with Gasteiger partial charge in [-0.25, -0.2) is 4.79 Å². The summed E-state index contributed by atoms with van der Waals surface area (Å²) >= 11 is 0. The number of ether oxygens (including phenoxy) is 1. The molecule has 6 heteroatoms. The van der Waals surface area contributed by atoms with Crippen molar-refractivity contribution < 1.29 is 19.4 Å². The Kier molecular flexibility index (Phi) is 5.78. The average molecular weight is 340 g/mol. The molecular formula is C18H32N2O4. The summed E-state index contributed by atoms with van der Waals surface area (Å²) in [7, 11) is 0. The largest absolute Gasteiger partial charge is 0.481 e. The summed E-state index contributed by atoms with van der Waals surface area (Å²) in [6, 6.07) is 0.218. The normalized spacial score (nSPS) is 34.4. The van der Waals surface area contributed by atoms with E-state index in [-0.39, 0.29) is 24.1 Å². The molecule has 138 valence electrons. The van der Waals surface area contributed by atoms with Crippen LogP contribution in [0.25, 0.3) is 0 Å². The average Bonchev–Trinajstić information content (AvgIpc) is 2.47. The van der Waals surface area contributed by atoms with Crippen LogP contribution >= 0.6 is 0 Å². The second kappa shape index (κ2) is 7.30. The lowest BCUT2D eigenvalue weighted by molar-refractivity contribution is -0.157. The standard InChI is InChI=1S/C18H32N2O4/c1-17(2,3)24-16(23)20-14-6-4-12(5-7-14)18(15(21)22)10-8-13(19)9-11-18/h12-14H,4-11,19H2,1-3H3,(H,20,23)(H,21,22). The number of aliphatic carboxylic acids is 1. The third kappa shape index (κ3) is 4.62. The maximum absolute atomic E-state index is 12.0. The molecule has 0 bridgehead atoms. The Morgan fingerprint density at radius 2 is 1.62 bits per heavy atom. The van der Waals surface area contributed by atoms with E-state index in [2.05, 4.69) is 5.32 Å². The number of hydrogen-bond acceptors (Lipinski definition) is 4. The second-order valence-corrected chi connectivity index (χ2v) is 8.49. The van der Waals surface area contributed by atoms with Crippen molar-refractivity contribution in [2.24, 2.45) is 17.1 Å². The van der Waals surface area contributed by atoms with Crippen molar-refractivity contribution in [1.82, 2.24) is 5.32 Å². The number of carboxylic acids is 1. The number of amides is 1. The van der Waals surface area contributed by atoms with Crippen molar-refractivity contribution in [2.75, 3.05) is 0 Å². The van der Waals surface area contributed by atoms with Crippen molar-refractivity contribution in [1.29, 1.82) is 0 Å². The maximum Gasteiger partial charge on any atom is 0.407 e. The molecule has 2 aliphatic carbocycles. The summed E-state index contributed by atoms with van der Waals surface area (Å²) in [6.07, 6.45) is 5.85. The maximum atomic E-state index is 12.0. The van der Waals surface area contributed by atoms with Crippen LogP contribution in [0.4, 0.5) is 4.79 Å². The first-order chi connectivity index (χ1) is 11.1. The van der Waals surface area contributed by atoms with Gasteiger partial charge < -0.3 is 20.9 Å². The zero-order chi connectivity index (χ0) is 18.0. The van der Waals surface area contributed by atoms with E-state index in [1.54, 1.807) is 0 Å². The molecule has 1 amide bonds. The Hall–Kier alpha value is -1.30. The molecule has 2 fully saturated rings. The quantitative estimate of drug-likeness (QED) is 0.733. The first kappa shape index (κ1) is 19.0. The monoisotopic (exact) mass is 340 g/mol. The number of hydrogen-bond donors (Lipinski definition) is 3. The number of nitrogens with one attached hydrogen (secondary N) is 1. The van der Waals surface area contributed by atoms with Gasteiger partial charge in [-0.15, -0.1) is 0 Å². The van der Waals surface area contributed by atoms with Crippen LogP contribution in [0.1, 0.15) is 72.1 Å². The zero-order valence-corrected chi connectivity index (χ0v) is 15.1. The van der Waals surface area contributed by atoms with Crippen LogP contribution in [-0.2, 0) is 9.53 Å². The Morgan fingerprint density at radius 3 is 2.08 bits per heavy atom. The molecule has 2 saturated carbocycles. The Balaban J connectivity index is 1.89. The number of carbonyl (C=O) groups is 2. The van der Waals surface area contributed by atoms with Crippen LogP contribution in [0.3, 0.4) is 0 Å². The first-order valence-corrected chi connectivity index (χ1v) is 9.11. The van der Waals surface area contributed by atoms with E-state index in [0.717, 1.165) is 38.5 Å². The van der Waals surface area contributed by atoms with E-state index in [1.165, 1.54) is 0 Å². The highest BCUT2D eigenvalue weighted by molar-refractivity contribution is 5.75. The van der Waals surface area contributed by atoms with Crippen molar-refractivity contribution in [3.63, 3.8) is 0 Å². The highest BCUT2D eigenvalue weighted by Crippen LogP contribution is 2.48. The molecule has 2 aliphatic rings. The fourth-order valence-corrected chi connectivity index (χ4v) is 4.22. The van der Waals surface area contributed by atoms with Gasteiger partial charge in [0, 0.05) is 12.1 Å². The number of carbonyl (C=O) groups excluding carboxylic acids is 1. The lowest BCUT2D eigenvalue weighted by Gasteiger charge is -2.44. The van der Waals surface area contributed by atoms with Crippen molar-refractivity contribution in [3.8, 4) is 0 Å². The minimum absolute atomic E-state index is 0.0767. The molecule has 24 heavy (non-hydrogen) atoms. The zero-order valence-electron chi connectivity index (χ0n) is 15.1. The van der Waals surface area contributed by atoms with Crippen LogP contribution in [-0.4, -0.2) is 34.9 Å². The van der Waals surface area contributed by atoms with Gasteiger partial charge in [-0.2, -0.15) is 0 Å². The molecule has 6 nitrogen and oxygen atoms in total. The molecule has 0 aliphatic heterocycles. The Labute approximate surface area is 144 Å². The summed E-state index contributed by atoms with van der Waals surface area (Å²) in [5, 5.41) is 12.8. The smallest absolute Gasteiger partial charge is 0.407 e. The van der Waals surface area contributed by atoms with Crippen LogP contribution in [0.2, 0.25) is 0 Å². The summed E-state index contributed by atoms with van der Waals surface area (Å²) in [6.45, 7) is 5.52. The highest BCUT2D eigenvalue weighted by Gasteiger charge is 2.48. The van der Waals surface area contributed by atoms with E-state index >= 15 is 0 Å². The molecule has 0 aromatic rings. The van der Waals surface area contributed by atoms with E-state index < -0.39 is 17.0 Å². The van der Waals surface area contributed by atoms with Gasteiger partial charge in [0.05, 0.1) is 5.41 Å². The van der Waals surface area contributed by atoms with Gasteiger partial charge in [0.15, 0.2) is 0 Å². The summed E-state index contributed by atoms with van der Waals surface area (Å²) in [4.78, 5) is 23.8. The number of alkyl carbamates (subject to hydrolysis) is 1. The van der Waals surface area contributed by atoms with Crippen molar-refractivity contribution in [3.05, 3.63) is 0 Å².